The molecule has 15 heteroatoms. The van der Waals surface area contributed by atoms with Crippen LogP contribution in [0.15, 0.2) is 122 Å². The monoisotopic (exact) mass is 873 g/mol. The van der Waals surface area contributed by atoms with E-state index in [9.17, 15) is 28.4 Å². The lowest BCUT2D eigenvalue weighted by Crippen LogP contribution is -2.26. The fourth-order valence-corrected chi connectivity index (χ4v) is 6.00. The van der Waals surface area contributed by atoms with E-state index >= 15 is 0 Å². The van der Waals surface area contributed by atoms with E-state index in [0.717, 1.165) is 23.3 Å². The van der Waals surface area contributed by atoms with Gasteiger partial charge in [-0.2, -0.15) is 10.2 Å². The summed E-state index contributed by atoms with van der Waals surface area (Å²) < 4.78 is 41.1. The van der Waals surface area contributed by atoms with Gasteiger partial charge in [-0.15, -0.1) is 0 Å². The minimum absolute atomic E-state index is 0.0102. The molecule has 280 valence electrons. The van der Waals surface area contributed by atoms with Crippen LogP contribution < -0.4 is 20.6 Å². The van der Waals surface area contributed by atoms with Gasteiger partial charge in [0.25, 0.3) is 11.1 Å². The number of hydrogen-bond donors (Lipinski definition) is 1. The Morgan fingerprint density at radius 3 is 2.15 bits per heavy atom. The molecule has 4 aromatic carbocycles. The minimum Gasteiger partial charge on any atom is -0.481 e. The SMILES string of the molecule is Cc1nc(OCc2ccc(F)cc2F)c(Br)c(=O)n1Cc1ccccc1C#N.O=C(O)Cc1ccc(Cn2cnc(OCc3ccccc3)c(Br)c2=O)cc1. The van der Waals surface area contributed by atoms with E-state index in [4.69, 9.17) is 14.6 Å². The highest BCUT2D eigenvalue weighted by Gasteiger charge is 2.16. The third-order valence-corrected chi connectivity index (χ3v) is 9.38. The molecular formula is C40H31Br2F2N5O6. The molecule has 0 unspecified atom stereocenters. The molecule has 1 N–H and O–H groups in total. The van der Waals surface area contributed by atoms with E-state index in [1.807, 2.05) is 30.3 Å². The largest absolute Gasteiger partial charge is 0.481 e. The number of aromatic nitrogens is 4. The van der Waals surface area contributed by atoms with Crippen molar-refractivity contribution in [2.75, 3.05) is 0 Å². The number of aryl methyl sites for hydroxylation is 1. The van der Waals surface area contributed by atoms with Crippen molar-refractivity contribution in [3.8, 4) is 17.8 Å². The van der Waals surface area contributed by atoms with Gasteiger partial charge in [-0.3, -0.25) is 23.5 Å². The fraction of sp³-hybridized carbons (Fsp3) is 0.150. The average Bonchev–Trinajstić information content (AvgIpc) is 3.17. The summed E-state index contributed by atoms with van der Waals surface area (Å²) in [7, 11) is 0. The lowest BCUT2D eigenvalue weighted by atomic mass is 10.1. The highest BCUT2D eigenvalue weighted by atomic mass is 79.9. The van der Waals surface area contributed by atoms with Crippen LogP contribution in [0.3, 0.4) is 0 Å². The lowest BCUT2D eigenvalue weighted by molar-refractivity contribution is -0.136. The summed E-state index contributed by atoms with van der Waals surface area (Å²) in [6.45, 7) is 2.25. The lowest BCUT2D eigenvalue weighted by Gasteiger charge is -2.14. The zero-order valence-electron chi connectivity index (χ0n) is 29.1. The molecule has 0 amide bonds. The van der Waals surface area contributed by atoms with E-state index < -0.39 is 23.2 Å². The summed E-state index contributed by atoms with van der Waals surface area (Å²) in [4.78, 5) is 44.5. The molecule has 2 aromatic heterocycles. The van der Waals surface area contributed by atoms with Gasteiger partial charge < -0.3 is 14.6 Å². The van der Waals surface area contributed by atoms with Crippen LogP contribution in [0.1, 0.15) is 39.2 Å². The van der Waals surface area contributed by atoms with Crippen molar-refractivity contribution in [2.45, 2.75) is 39.6 Å². The Hall–Kier alpha value is -5.98. The van der Waals surface area contributed by atoms with Gasteiger partial charge in [-0.05, 0) is 79.2 Å². The fourth-order valence-electron chi connectivity index (χ4n) is 5.14. The molecule has 0 saturated heterocycles. The van der Waals surface area contributed by atoms with E-state index in [2.05, 4.69) is 47.9 Å². The van der Waals surface area contributed by atoms with E-state index in [1.54, 1.807) is 55.5 Å². The van der Waals surface area contributed by atoms with E-state index in [-0.39, 0.29) is 51.4 Å². The van der Waals surface area contributed by atoms with Crippen LogP contribution in [0.4, 0.5) is 8.78 Å². The minimum atomic E-state index is -0.877. The van der Waals surface area contributed by atoms with Gasteiger partial charge in [-0.1, -0.05) is 72.8 Å². The number of carboxylic acid groups (broad SMARTS) is 1. The van der Waals surface area contributed by atoms with Crippen molar-refractivity contribution in [3.63, 3.8) is 0 Å². The average molecular weight is 876 g/mol. The molecule has 0 aliphatic rings. The van der Waals surface area contributed by atoms with Crippen LogP contribution in [-0.4, -0.2) is 30.2 Å². The number of carboxylic acids is 1. The van der Waals surface area contributed by atoms with Crippen LogP contribution in [0.2, 0.25) is 0 Å². The van der Waals surface area contributed by atoms with Gasteiger partial charge in [0.1, 0.15) is 45.9 Å². The molecule has 0 radical (unpaired) electrons. The Morgan fingerprint density at radius 2 is 1.45 bits per heavy atom. The third-order valence-electron chi connectivity index (χ3n) is 8.02. The van der Waals surface area contributed by atoms with Crippen molar-refractivity contribution in [1.82, 2.24) is 19.1 Å². The predicted molar refractivity (Wildman–Crippen MR) is 206 cm³/mol. The highest BCUT2D eigenvalue weighted by molar-refractivity contribution is 9.10. The maximum absolute atomic E-state index is 13.7. The molecule has 2 heterocycles. The predicted octanol–water partition coefficient (Wildman–Crippen LogP) is 7.35. The summed E-state index contributed by atoms with van der Waals surface area (Å²) in [5, 5.41) is 18.0. The van der Waals surface area contributed by atoms with Crippen LogP contribution in [-0.2, 0) is 37.5 Å². The van der Waals surface area contributed by atoms with Crippen molar-refractivity contribution >= 4 is 37.8 Å². The van der Waals surface area contributed by atoms with Crippen LogP contribution >= 0.6 is 31.9 Å². The Kier molecular flexibility index (Phi) is 13.8. The Labute approximate surface area is 330 Å². The zero-order chi connectivity index (χ0) is 39.5. The van der Waals surface area contributed by atoms with Gasteiger partial charge in [0, 0.05) is 11.6 Å². The molecule has 0 bridgehead atoms. The van der Waals surface area contributed by atoms with Crippen molar-refractivity contribution < 1.29 is 28.2 Å². The molecule has 55 heavy (non-hydrogen) atoms. The number of carbonyl (C=O) groups is 1. The van der Waals surface area contributed by atoms with Gasteiger partial charge >= 0.3 is 5.97 Å². The Balaban J connectivity index is 0.000000211. The molecular weight excluding hydrogens is 844 g/mol. The van der Waals surface area contributed by atoms with Gasteiger partial charge in [0.15, 0.2) is 0 Å². The van der Waals surface area contributed by atoms with Crippen LogP contribution in [0, 0.1) is 29.9 Å². The number of aliphatic carboxylic acids is 1. The smallest absolute Gasteiger partial charge is 0.307 e. The van der Waals surface area contributed by atoms with E-state index in [0.29, 0.717) is 35.7 Å². The van der Waals surface area contributed by atoms with Crippen molar-refractivity contribution in [3.05, 3.63) is 184 Å². The molecule has 0 aliphatic carbocycles. The number of rotatable bonds is 12. The topological polar surface area (TPSA) is 149 Å². The molecule has 6 rings (SSSR count). The third kappa shape index (κ3) is 10.8. The summed E-state index contributed by atoms with van der Waals surface area (Å²) >= 11 is 6.45. The van der Waals surface area contributed by atoms with E-state index in [1.165, 1.54) is 21.5 Å². The molecule has 0 aliphatic heterocycles. The molecule has 11 nitrogen and oxygen atoms in total. The second-order valence-corrected chi connectivity index (χ2v) is 13.5. The second-order valence-electron chi connectivity index (χ2n) is 11.9. The Morgan fingerprint density at radius 1 is 0.800 bits per heavy atom. The Bertz CT molecular complexity index is 2470. The summed E-state index contributed by atoms with van der Waals surface area (Å²) in [5.74, 6) is -1.67. The molecule has 6 aromatic rings. The van der Waals surface area contributed by atoms with Gasteiger partial charge in [0.05, 0.1) is 31.1 Å². The van der Waals surface area contributed by atoms with Crippen LogP contribution in [0.5, 0.6) is 11.8 Å². The molecule has 0 fully saturated rings. The number of nitriles is 1. The summed E-state index contributed by atoms with van der Waals surface area (Å²) in [6.07, 6.45) is 1.42. The molecule has 0 atom stereocenters. The standard InChI is InChI=1S/C20H14BrF2N3O2.C20H17BrN2O4/c1-12-25-19(28-11-15-6-7-16(22)8-17(15)23)18(21)20(27)26(12)10-14-5-3-2-4-13(14)9-24;21-18-19(27-12-16-4-2-1-3-5-16)22-13-23(20(18)26)11-15-8-6-14(7-9-15)10-17(24)25/h2-8H,10-11H2,1H3;1-9,13H,10-12H2,(H,24,25). The van der Waals surface area contributed by atoms with Gasteiger partial charge in [-0.25, -0.2) is 13.8 Å². The van der Waals surface area contributed by atoms with Crippen molar-refractivity contribution in [1.29, 1.82) is 5.26 Å². The first-order chi connectivity index (χ1) is 26.4. The first-order valence-electron chi connectivity index (χ1n) is 16.5. The second kappa shape index (κ2) is 18.9. The van der Waals surface area contributed by atoms with Gasteiger partial charge in [0.2, 0.25) is 11.8 Å². The molecule has 0 saturated carbocycles. The number of halogens is 4. The van der Waals surface area contributed by atoms with Crippen LogP contribution in [0.25, 0.3) is 0 Å². The molecule has 0 spiro atoms. The zero-order valence-corrected chi connectivity index (χ0v) is 32.3. The maximum atomic E-state index is 13.7. The maximum Gasteiger partial charge on any atom is 0.307 e. The normalized spacial score (nSPS) is 10.5. The number of hydrogen-bond acceptors (Lipinski definition) is 8. The number of benzene rings is 4. The number of nitrogens with zero attached hydrogens (tertiary/aromatic N) is 5. The summed E-state index contributed by atoms with van der Waals surface area (Å²) in [6, 6.07) is 28.9. The first-order valence-corrected chi connectivity index (χ1v) is 18.0. The first kappa shape index (κ1) is 40.2. The number of ether oxygens (including phenoxy) is 2. The highest BCUT2D eigenvalue weighted by Crippen LogP contribution is 2.22. The van der Waals surface area contributed by atoms with Crippen molar-refractivity contribution in [2.24, 2.45) is 0 Å². The summed E-state index contributed by atoms with van der Waals surface area (Å²) in [5.41, 5.74) is 3.22. The quantitative estimate of drug-likeness (QED) is 0.133.